The minimum absolute atomic E-state index is 0.113. The van der Waals surface area contributed by atoms with Gasteiger partial charge in [-0.1, -0.05) is 0 Å². The van der Waals surface area contributed by atoms with Crippen LogP contribution in [0.5, 0.6) is 0 Å². The first kappa shape index (κ1) is 18.1. The van der Waals surface area contributed by atoms with Crippen LogP contribution in [-0.4, -0.2) is 35.9 Å². The maximum absolute atomic E-state index is 12.0. The fourth-order valence-electron chi connectivity index (χ4n) is 2.76. The van der Waals surface area contributed by atoms with Crippen molar-refractivity contribution in [1.29, 1.82) is 0 Å². The number of amides is 2. The molecule has 2 amide bonds. The average Bonchev–Trinajstić information content (AvgIpc) is 3.18. The monoisotopic (exact) mass is 373 g/mol. The van der Waals surface area contributed by atoms with Crippen molar-refractivity contribution in [1.82, 2.24) is 4.98 Å². The van der Waals surface area contributed by atoms with Crippen molar-refractivity contribution >= 4 is 40.5 Å². The summed E-state index contributed by atoms with van der Waals surface area (Å²) >= 11 is 1.24. The Morgan fingerprint density at radius 1 is 1.27 bits per heavy atom. The molecule has 1 aliphatic rings. The molecule has 1 fully saturated rings. The molecule has 3 rings (SSSR count). The molecule has 1 aliphatic heterocycles. The van der Waals surface area contributed by atoms with Crippen molar-refractivity contribution < 1.29 is 19.1 Å². The summed E-state index contributed by atoms with van der Waals surface area (Å²) in [6.45, 7) is 3.88. The second-order valence-electron chi connectivity index (χ2n) is 5.97. The lowest BCUT2D eigenvalue weighted by molar-refractivity contribution is -0.119. The predicted molar refractivity (Wildman–Crippen MR) is 98.5 cm³/mol. The van der Waals surface area contributed by atoms with Gasteiger partial charge >= 0.3 is 5.97 Å². The fraction of sp³-hybridized carbons (Fsp3) is 0.333. The van der Waals surface area contributed by atoms with Gasteiger partial charge in [-0.3, -0.25) is 9.59 Å². The minimum atomic E-state index is -0.550. The largest absolute Gasteiger partial charge is 0.451 e. The van der Waals surface area contributed by atoms with Crippen LogP contribution in [0.2, 0.25) is 0 Å². The number of aromatic nitrogens is 1. The number of hydrogen-bond donors (Lipinski definition) is 1. The van der Waals surface area contributed by atoms with Crippen LogP contribution in [0, 0.1) is 13.8 Å². The maximum Gasteiger partial charge on any atom is 0.350 e. The fourth-order valence-corrected chi connectivity index (χ4v) is 3.57. The molecule has 0 unspecified atom stereocenters. The van der Waals surface area contributed by atoms with Crippen molar-refractivity contribution in [3.05, 3.63) is 39.8 Å². The number of anilines is 2. The lowest BCUT2D eigenvalue weighted by Gasteiger charge is -2.16. The zero-order valence-corrected chi connectivity index (χ0v) is 15.4. The molecular formula is C18H19N3O4S. The van der Waals surface area contributed by atoms with Crippen molar-refractivity contribution in [3.8, 4) is 0 Å². The number of benzene rings is 1. The van der Waals surface area contributed by atoms with E-state index in [9.17, 15) is 14.4 Å². The van der Waals surface area contributed by atoms with Crippen LogP contribution in [0.4, 0.5) is 11.4 Å². The Morgan fingerprint density at radius 3 is 2.58 bits per heavy atom. The first-order chi connectivity index (χ1) is 12.4. The Hall–Kier alpha value is -2.74. The number of carbonyl (C=O) groups excluding carboxylic acids is 3. The molecule has 2 aromatic rings. The lowest BCUT2D eigenvalue weighted by atomic mass is 10.2. The standard InChI is InChI=1S/C18H19N3O4S/c1-11-17(26-12(2)19-11)18(24)25-10-15(22)20-13-5-7-14(8-6-13)21-9-3-4-16(21)23/h5-8H,3-4,9-10H2,1-2H3,(H,20,22). The predicted octanol–water partition coefficient (Wildman–Crippen LogP) is 2.68. The molecule has 0 aliphatic carbocycles. The summed E-state index contributed by atoms with van der Waals surface area (Å²) in [5.74, 6) is -0.865. The number of thiazole rings is 1. The molecule has 0 radical (unpaired) electrons. The smallest absolute Gasteiger partial charge is 0.350 e. The Bertz CT molecular complexity index is 845. The van der Waals surface area contributed by atoms with Crippen LogP contribution in [0.15, 0.2) is 24.3 Å². The van der Waals surface area contributed by atoms with Crippen molar-refractivity contribution in [2.24, 2.45) is 0 Å². The topological polar surface area (TPSA) is 88.6 Å². The number of nitrogens with zero attached hydrogens (tertiary/aromatic N) is 2. The molecule has 136 valence electrons. The number of ether oxygens (including phenoxy) is 1. The van der Waals surface area contributed by atoms with Gasteiger partial charge in [-0.15, -0.1) is 11.3 Å². The molecule has 2 heterocycles. The quantitative estimate of drug-likeness (QED) is 0.814. The summed E-state index contributed by atoms with van der Waals surface area (Å²) in [4.78, 5) is 42.0. The average molecular weight is 373 g/mol. The van der Waals surface area contributed by atoms with E-state index < -0.39 is 11.9 Å². The summed E-state index contributed by atoms with van der Waals surface area (Å²) in [6, 6.07) is 7.01. The zero-order valence-electron chi connectivity index (χ0n) is 14.6. The van der Waals surface area contributed by atoms with E-state index in [1.807, 2.05) is 0 Å². The van der Waals surface area contributed by atoms with Gasteiger partial charge < -0.3 is 15.0 Å². The van der Waals surface area contributed by atoms with Crippen LogP contribution < -0.4 is 10.2 Å². The van der Waals surface area contributed by atoms with Gasteiger partial charge in [0.15, 0.2) is 6.61 Å². The van der Waals surface area contributed by atoms with Gasteiger partial charge in [-0.05, 0) is 44.5 Å². The van der Waals surface area contributed by atoms with Crippen molar-refractivity contribution in [3.63, 3.8) is 0 Å². The normalized spacial score (nSPS) is 13.8. The minimum Gasteiger partial charge on any atom is -0.451 e. The molecule has 1 aromatic heterocycles. The second kappa shape index (κ2) is 7.65. The highest BCUT2D eigenvalue weighted by Gasteiger charge is 2.21. The van der Waals surface area contributed by atoms with Gasteiger partial charge in [0.2, 0.25) is 5.91 Å². The van der Waals surface area contributed by atoms with E-state index in [1.165, 1.54) is 11.3 Å². The first-order valence-corrected chi connectivity index (χ1v) is 9.07. The summed E-state index contributed by atoms with van der Waals surface area (Å²) < 4.78 is 5.04. The summed E-state index contributed by atoms with van der Waals surface area (Å²) in [6.07, 6.45) is 1.43. The van der Waals surface area contributed by atoms with E-state index >= 15 is 0 Å². The Kier molecular flexibility index (Phi) is 5.32. The highest BCUT2D eigenvalue weighted by atomic mass is 32.1. The van der Waals surface area contributed by atoms with Gasteiger partial charge in [-0.25, -0.2) is 9.78 Å². The van der Waals surface area contributed by atoms with Crippen LogP contribution in [0.3, 0.4) is 0 Å². The molecule has 8 heteroatoms. The molecule has 0 bridgehead atoms. The molecule has 1 N–H and O–H groups in total. The third-order valence-electron chi connectivity index (χ3n) is 3.96. The third-order valence-corrected chi connectivity index (χ3v) is 5.01. The number of hydrogen-bond acceptors (Lipinski definition) is 6. The van der Waals surface area contributed by atoms with Gasteiger partial charge in [0.05, 0.1) is 10.7 Å². The van der Waals surface area contributed by atoms with Crippen LogP contribution in [0.25, 0.3) is 0 Å². The third kappa shape index (κ3) is 4.08. The SMILES string of the molecule is Cc1nc(C)c(C(=O)OCC(=O)Nc2ccc(N3CCCC3=O)cc2)s1. The Labute approximate surface area is 155 Å². The zero-order chi connectivity index (χ0) is 18.7. The van der Waals surface area contributed by atoms with Crippen LogP contribution >= 0.6 is 11.3 Å². The summed E-state index contributed by atoms with van der Waals surface area (Å²) in [5.41, 5.74) is 1.99. The summed E-state index contributed by atoms with van der Waals surface area (Å²) in [5, 5.41) is 3.44. The highest BCUT2D eigenvalue weighted by molar-refractivity contribution is 7.13. The number of nitrogens with one attached hydrogen (secondary N) is 1. The van der Waals surface area contributed by atoms with E-state index in [1.54, 1.807) is 43.0 Å². The van der Waals surface area contributed by atoms with Gasteiger partial charge in [0, 0.05) is 24.3 Å². The van der Waals surface area contributed by atoms with Gasteiger partial charge in [0.25, 0.3) is 5.91 Å². The van der Waals surface area contributed by atoms with E-state index in [0.29, 0.717) is 22.7 Å². The number of aryl methyl sites for hydroxylation is 2. The molecule has 7 nitrogen and oxygen atoms in total. The van der Waals surface area contributed by atoms with Crippen molar-refractivity contribution in [2.75, 3.05) is 23.4 Å². The molecule has 26 heavy (non-hydrogen) atoms. The van der Waals surface area contributed by atoms with E-state index in [2.05, 4.69) is 10.3 Å². The number of esters is 1. The Balaban J connectivity index is 1.52. The second-order valence-corrected chi connectivity index (χ2v) is 7.17. The molecule has 1 aromatic carbocycles. The van der Waals surface area contributed by atoms with Gasteiger partial charge in [-0.2, -0.15) is 0 Å². The first-order valence-electron chi connectivity index (χ1n) is 8.25. The summed E-state index contributed by atoms with van der Waals surface area (Å²) in [7, 11) is 0. The van der Waals surface area contributed by atoms with E-state index in [0.717, 1.165) is 23.7 Å². The molecule has 0 saturated carbocycles. The molecule has 0 spiro atoms. The highest BCUT2D eigenvalue weighted by Crippen LogP contribution is 2.23. The van der Waals surface area contributed by atoms with E-state index in [-0.39, 0.29) is 12.5 Å². The number of carbonyl (C=O) groups is 3. The van der Waals surface area contributed by atoms with Crippen molar-refractivity contribution in [2.45, 2.75) is 26.7 Å². The molecule has 0 atom stereocenters. The lowest BCUT2D eigenvalue weighted by Crippen LogP contribution is -2.23. The van der Waals surface area contributed by atoms with Crippen LogP contribution in [0.1, 0.15) is 33.2 Å². The van der Waals surface area contributed by atoms with E-state index in [4.69, 9.17) is 4.74 Å². The number of rotatable bonds is 5. The molecule has 1 saturated heterocycles. The Morgan fingerprint density at radius 2 is 2.00 bits per heavy atom. The molecular weight excluding hydrogens is 354 g/mol. The maximum atomic E-state index is 12.0. The van der Waals surface area contributed by atoms with Gasteiger partial charge in [0.1, 0.15) is 4.88 Å². The van der Waals surface area contributed by atoms with Crippen LogP contribution in [-0.2, 0) is 14.3 Å².